The van der Waals surface area contributed by atoms with Crippen molar-refractivity contribution < 1.29 is 19.0 Å². The van der Waals surface area contributed by atoms with Crippen LogP contribution in [0, 0.1) is 0 Å². The highest BCUT2D eigenvalue weighted by atomic mass is 32.1. The first-order chi connectivity index (χ1) is 14.1. The fourth-order valence-corrected chi connectivity index (χ4v) is 3.38. The maximum absolute atomic E-state index is 12.2. The summed E-state index contributed by atoms with van der Waals surface area (Å²) >= 11 is 1.36. The molecule has 1 heterocycles. The summed E-state index contributed by atoms with van der Waals surface area (Å²) in [6.07, 6.45) is 2.55. The van der Waals surface area contributed by atoms with E-state index in [1.807, 2.05) is 47.9 Å². The SMILES string of the molecule is C=CCc1ccc(OCC(=O)Nc2nc(-c3ccc(OC)cc3)cs2)c(OC)c1. The Hall–Kier alpha value is -3.32. The monoisotopic (exact) mass is 410 g/mol. The van der Waals surface area contributed by atoms with Gasteiger partial charge in [0.2, 0.25) is 0 Å². The molecule has 6 nitrogen and oxygen atoms in total. The first-order valence-corrected chi connectivity index (χ1v) is 9.81. The van der Waals surface area contributed by atoms with E-state index in [0.717, 1.165) is 29.0 Å². The number of hydrogen-bond donors (Lipinski definition) is 1. The summed E-state index contributed by atoms with van der Waals surface area (Å²) < 4.78 is 16.1. The molecule has 2 aromatic carbocycles. The molecule has 0 fully saturated rings. The number of allylic oxidation sites excluding steroid dienone is 1. The van der Waals surface area contributed by atoms with Gasteiger partial charge in [-0.3, -0.25) is 10.1 Å². The number of benzene rings is 2. The Labute approximate surface area is 173 Å². The standard InChI is InChI=1S/C22H22N2O4S/c1-4-5-15-6-11-19(20(12-15)27-3)28-13-21(25)24-22-23-18(14-29-22)16-7-9-17(26-2)10-8-16/h4,6-12,14H,1,5,13H2,2-3H3,(H,23,24,25). The molecule has 3 rings (SSSR count). The van der Waals surface area contributed by atoms with Crippen LogP contribution in [0.25, 0.3) is 11.3 Å². The topological polar surface area (TPSA) is 69.7 Å². The van der Waals surface area contributed by atoms with E-state index in [9.17, 15) is 4.79 Å². The lowest BCUT2D eigenvalue weighted by atomic mass is 10.1. The third-order valence-electron chi connectivity index (χ3n) is 4.10. The number of hydrogen-bond acceptors (Lipinski definition) is 6. The summed E-state index contributed by atoms with van der Waals surface area (Å²) in [4.78, 5) is 16.7. The molecule has 150 valence electrons. The quantitative estimate of drug-likeness (QED) is 0.523. The van der Waals surface area contributed by atoms with Crippen LogP contribution < -0.4 is 19.5 Å². The summed E-state index contributed by atoms with van der Waals surface area (Å²) in [5, 5.41) is 5.16. The number of nitrogens with one attached hydrogen (secondary N) is 1. The highest BCUT2D eigenvalue weighted by Crippen LogP contribution is 2.29. The predicted molar refractivity (Wildman–Crippen MR) is 115 cm³/mol. The summed E-state index contributed by atoms with van der Waals surface area (Å²) in [5.41, 5.74) is 2.79. The van der Waals surface area contributed by atoms with E-state index in [2.05, 4.69) is 16.9 Å². The third-order valence-corrected chi connectivity index (χ3v) is 4.86. The molecule has 0 atom stereocenters. The van der Waals surface area contributed by atoms with Crippen molar-refractivity contribution in [2.45, 2.75) is 6.42 Å². The van der Waals surface area contributed by atoms with Gasteiger partial charge in [0.25, 0.3) is 5.91 Å². The van der Waals surface area contributed by atoms with Crippen molar-refractivity contribution in [1.29, 1.82) is 0 Å². The number of amides is 1. The van der Waals surface area contributed by atoms with E-state index in [1.165, 1.54) is 11.3 Å². The molecule has 0 aliphatic rings. The molecule has 3 aromatic rings. The van der Waals surface area contributed by atoms with Gasteiger partial charge in [0.15, 0.2) is 23.2 Å². The third kappa shape index (κ3) is 5.36. The Bertz CT molecular complexity index is 983. The van der Waals surface area contributed by atoms with E-state index in [0.29, 0.717) is 16.6 Å². The molecular weight excluding hydrogens is 388 g/mol. The van der Waals surface area contributed by atoms with Crippen molar-refractivity contribution >= 4 is 22.4 Å². The van der Waals surface area contributed by atoms with Gasteiger partial charge in [-0.2, -0.15) is 0 Å². The van der Waals surface area contributed by atoms with Gasteiger partial charge in [0.1, 0.15) is 5.75 Å². The Balaban J connectivity index is 1.58. The minimum atomic E-state index is -0.294. The van der Waals surface area contributed by atoms with Crippen LogP contribution in [0.4, 0.5) is 5.13 Å². The van der Waals surface area contributed by atoms with Gasteiger partial charge in [-0.05, 0) is 48.4 Å². The van der Waals surface area contributed by atoms with Crippen LogP contribution in [0.3, 0.4) is 0 Å². The molecule has 0 radical (unpaired) electrons. The average molecular weight is 410 g/mol. The van der Waals surface area contributed by atoms with Gasteiger partial charge < -0.3 is 14.2 Å². The highest BCUT2D eigenvalue weighted by Gasteiger charge is 2.11. The van der Waals surface area contributed by atoms with E-state index in [-0.39, 0.29) is 12.5 Å². The molecule has 0 saturated heterocycles. The largest absolute Gasteiger partial charge is 0.497 e. The molecular formula is C22H22N2O4S. The lowest BCUT2D eigenvalue weighted by molar-refractivity contribution is -0.118. The van der Waals surface area contributed by atoms with Gasteiger partial charge in [-0.1, -0.05) is 12.1 Å². The minimum absolute atomic E-state index is 0.144. The van der Waals surface area contributed by atoms with Gasteiger partial charge >= 0.3 is 0 Å². The van der Waals surface area contributed by atoms with E-state index >= 15 is 0 Å². The number of anilines is 1. The predicted octanol–water partition coefficient (Wildman–Crippen LogP) is 4.57. The number of carbonyl (C=O) groups is 1. The molecule has 0 unspecified atom stereocenters. The number of aromatic nitrogens is 1. The van der Waals surface area contributed by atoms with Crippen molar-refractivity contribution in [3.05, 3.63) is 66.1 Å². The molecule has 1 amide bonds. The zero-order valence-electron chi connectivity index (χ0n) is 16.3. The molecule has 1 aromatic heterocycles. The lowest BCUT2D eigenvalue weighted by Gasteiger charge is -2.11. The second-order valence-corrected chi connectivity index (χ2v) is 6.94. The summed E-state index contributed by atoms with van der Waals surface area (Å²) in [7, 11) is 3.19. The minimum Gasteiger partial charge on any atom is -0.497 e. The second kappa shape index (κ2) is 9.75. The van der Waals surface area contributed by atoms with Crippen molar-refractivity contribution in [1.82, 2.24) is 4.98 Å². The number of rotatable bonds is 9. The van der Waals surface area contributed by atoms with Crippen molar-refractivity contribution in [2.75, 3.05) is 26.1 Å². The van der Waals surface area contributed by atoms with E-state index < -0.39 is 0 Å². The van der Waals surface area contributed by atoms with Crippen LogP contribution in [-0.2, 0) is 11.2 Å². The van der Waals surface area contributed by atoms with Crippen molar-refractivity contribution in [3.8, 4) is 28.5 Å². The Kier molecular flexibility index (Phi) is 6.86. The van der Waals surface area contributed by atoms with Crippen LogP contribution in [-0.4, -0.2) is 31.7 Å². The number of nitrogens with zero attached hydrogens (tertiary/aromatic N) is 1. The van der Waals surface area contributed by atoms with Crippen molar-refractivity contribution in [2.24, 2.45) is 0 Å². The van der Waals surface area contributed by atoms with E-state index in [1.54, 1.807) is 20.3 Å². The molecule has 0 spiro atoms. The number of methoxy groups -OCH3 is 2. The van der Waals surface area contributed by atoms with Gasteiger partial charge in [0.05, 0.1) is 19.9 Å². The Morgan fingerprint density at radius 1 is 1.14 bits per heavy atom. The Morgan fingerprint density at radius 2 is 1.93 bits per heavy atom. The van der Waals surface area contributed by atoms with Crippen molar-refractivity contribution in [3.63, 3.8) is 0 Å². The molecule has 0 aliphatic heterocycles. The molecule has 1 N–H and O–H groups in total. The fraction of sp³-hybridized carbons (Fsp3) is 0.182. The van der Waals surface area contributed by atoms with Crippen LogP contribution in [0.15, 0.2) is 60.5 Å². The zero-order chi connectivity index (χ0) is 20.6. The van der Waals surface area contributed by atoms with Gasteiger partial charge in [0, 0.05) is 10.9 Å². The summed E-state index contributed by atoms with van der Waals surface area (Å²) in [6.45, 7) is 3.58. The van der Waals surface area contributed by atoms with Crippen LogP contribution >= 0.6 is 11.3 Å². The van der Waals surface area contributed by atoms with Gasteiger partial charge in [-0.25, -0.2) is 4.98 Å². The van der Waals surface area contributed by atoms with Crippen LogP contribution in [0.5, 0.6) is 17.2 Å². The molecule has 0 bridgehead atoms. The molecule has 7 heteroatoms. The maximum atomic E-state index is 12.2. The maximum Gasteiger partial charge on any atom is 0.264 e. The van der Waals surface area contributed by atoms with Crippen LogP contribution in [0.1, 0.15) is 5.56 Å². The average Bonchev–Trinajstić information content (AvgIpc) is 3.21. The number of ether oxygens (including phenoxy) is 3. The smallest absolute Gasteiger partial charge is 0.264 e. The number of thiazole rings is 1. The zero-order valence-corrected chi connectivity index (χ0v) is 17.1. The first-order valence-electron chi connectivity index (χ1n) is 8.93. The highest BCUT2D eigenvalue weighted by molar-refractivity contribution is 7.14. The summed E-state index contributed by atoms with van der Waals surface area (Å²) in [6, 6.07) is 13.2. The van der Waals surface area contributed by atoms with Gasteiger partial charge in [-0.15, -0.1) is 17.9 Å². The fourth-order valence-electron chi connectivity index (χ4n) is 2.65. The first kappa shape index (κ1) is 20.4. The molecule has 0 aliphatic carbocycles. The molecule has 0 saturated carbocycles. The lowest BCUT2D eigenvalue weighted by Crippen LogP contribution is -2.20. The molecule has 29 heavy (non-hydrogen) atoms. The van der Waals surface area contributed by atoms with Crippen LogP contribution in [0.2, 0.25) is 0 Å². The second-order valence-electron chi connectivity index (χ2n) is 6.08. The summed E-state index contributed by atoms with van der Waals surface area (Å²) in [5.74, 6) is 1.57. The Morgan fingerprint density at radius 3 is 2.62 bits per heavy atom. The normalized spacial score (nSPS) is 10.3. The number of carbonyl (C=O) groups excluding carboxylic acids is 1. The van der Waals surface area contributed by atoms with E-state index in [4.69, 9.17) is 14.2 Å².